The van der Waals surface area contributed by atoms with Crippen molar-refractivity contribution >= 4 is 39.5 Å². The van der Waals surface area contributed by atoms with Crippen molar-refractivity contribution in [2.75, 3.05) is 39.6 Å². The third-order valence-corrected chi connectivity index (χ3v) is 16.6. The highest BCUT2D eigenvalue weighted by molar-refractivity contribution is 7.47. The topological polar surface area (TPSA) is 237 Å². The highest BCUT2D eigenvalue weighted by atomic mass is 31.2. The van der Waals surface area contributed by atoms with E-state index in [4.69, 9.17) is 37.0 Å². The van der Waals surface area contributed by atoms with Crippen molar-refractivity contribution in [3.05, 3.63) is 24.3 Å². The van der Waals surface area contributed by atoms with Crippen LogP contribution in [0.2, 0.25) is 0 Å². The lowest BCUT2D eigenvalue weighted by Gasteiger charge is -2.21. The van der Waals surface area contributed by atoms with Crippen molar-refractivity contribution in [2.24, 2.45) is 5.92 Å². The molecule has 5 atom stereocenters. The average Bonchev–Trinajstić information content (AvgIpc) is 3.61. The maximum absolute atomic E-state index is 13.0. The summed E-state index contributed by atoms with van der Waals surface area (Å²) in [6.07, 6.45) is 46.6. The summed E-state index contributed by atoms with van der Waals surface area (Å²) in [5, 5.41) is 10.5. The van der Waals surface area contributed by atoms with Crippen molar-refractivity contribution in [2.45, 2.75) is 329 Å². The van der Waals surface area contributed by atoms with E-state index in [1.54, 1.807) is 0 Å². The predicted octanol–water partition coefficient (Wildman–Crippen LogP) is 18.1. The van der Waals surface area contributed by atoms with Crippen LogP contribution in [0.4, 0.5) is 0 Å². The van der Waals surface area contributed by atoms with E-state index in [2.05, 4.69) is 58.9 Å². The van der Waals surface area contributed by atoms with Crippen molar-refractivity contribution in [1.29, 1.82) is 0 Å². The Balaban J connectivity index is 5.26. The zero-order valence-electron chi connectivity index (χ0n) is 54.2. The van der Waals surface area contributed by atoms with Gasteiger partial charge in [0, 0.05) is 25.7 Å². The van der Waals surface area contributed by atoms with E-state index in [0.29, 0.717) is 25.7 Å². The van der Waals surface area contributed by atoms with Crippen LogP contribution in [0.25, 0.3) is 0 Å². The van der Waals surface area contributed by atoms with Gasteiger partial charge in [-0.25, -0.2) is 9.13 Å². The smallest absolute Gasteiger partial charge is 0.462 e. The van der Waals surface area contributed by atoms with Gasteiger partial charge in [-0.2, -0.15) is 0 Å². The Morgan fingerprint density at radius 3 is 0.965 bits per heavy atom. The SMILES string of the molecule is CCCCCC/C=C\C=C/CCCCCCCC(=O)O[C@H](COC(=O)CCCCCCCCCCCC(C)C)COP(=O)(O)OC[C@@H](O)COP(=O)(O)OC[C@@H](COC(=O)CCCCCCCCCC)OC(=O)CCCCCCCCCCCC. The number of hydrogen-bond acceptors (Lipinski definition) is 15. The van der Waals surface area contributed by atoms with E-state index in [0.717, 1.165) is 115 Å². The minimum Gasteiger partial charge on any atom is -0.462 e. The Bertz CT molecular complexity index is 1740. The first-order valence-electron chi connectivity index (χ1n) is 34.0. The lowest BCUT2D eigenvalue weighted by Crippen LogP contribution is -2.30. The van der Waals surface area contributed by atoms with Crippen LogP contribution in [0, 0.1) is 5.92 Å². The van der Waals surface area contributed by atoms with E-state index in [9.17, 15) is 43.2 Å². The minimum absolute atomic E-state index is 0.0847. The van der Waals surface area contributed by atoms with Crippen LogP contribution >= 0.6 is 15.6 Å². The van der Waals surface area contributed by atoms with Crippen LogP contribution in [-0.4, -0.2) is 96.7 Å². The second kappa shape index (κ2) is 59.2. The largest absolute Gasteiger partial charge is 0.472 e. The van der Waals surface area contributed by atoms with Crippen LogP contribution in [0.1, 0.15) is 311 Å². The van der Waals surface area contributed by atoms with E-state index in [1.165, 1.54) is 116 Å². The first kappa shape index (κ1) is 82.5. The molecule has 0 spiro atoms. The highest BCUT2D eigenvalue weighted by Gasteiger charge is 2.30. The molecule has 3 N–H and O–H groups in total. The maximum Gasteiger partial charge on any atom is 0.472 e. The number of aliphatic hydroxyl groups is 1. The normalized spacial score (nSPS) is 14.4. The van der Waals surface area contributed by atoms with Gasteiger partial charge in [0.15, 0.2) is 12.2 Å². The van der Waals surface area contributed by atoms with E-state index in [1.807, 2.05) is 0 Å². The molecule has 0 aliphatic heterocycles. The number of rotatable bonds is 64. The molecule has 0 aliphatic rings. The van der Waals surface area contributed by atoms with Crippen LogP contribution in [0.5, 0.6) is 0 Å². The molecular formula is C66H124O17P2. The molecule has 0 aromatic rings. The van der Waals surface area contributed by atoms with Gasteiger partial charge < -0.3 is 33.8 Å². The van der Waals surface area contributed by atoms with E-state index < -0.39 is 97.5 Å². The molecule has 19 heteroatoms. The Kier molecular flexibility index (Phi) is 57.5. The minimum atomic E-state index is -4.95. The number of carbonyl (C=O) groups is 4. The summed E-state index contributed by atoms with van der Waals surface area (Å²) < 4.78 is 68.0. The molecule has 85 heavy (non-hydrogen) atoms. The number of ether oxygens (including phenoxy) is 4. The third kappa shape index (κ3) is 60.2. The van der Waals surface area contributed by atoms with Gasteiger partial charge in [-0.15, -0.1) is 0 Å². The number of hydrogen-bond donors (Lipinski definition) is 3. The number of phosphoric acid groups is 2. The van der Waals surface area contributed by atoms with Gasteiger partial charge in [0.1, 0.15) is 19.3 Å². The lowest BCUT2D eigenvalue weighted by atomic mass is 10.0. The zero-order valence-corrected chi connectivity index (χ0v) is 56.0. The fourth-order valence-corrected chi connectivity index (χ4v) is 11.0. The summed E-state index contributed by atoms with van der Waals surface area (Å²) in [7, 11) is -9.90. The number of carbonyl (C=O) groups excluding carboxylic acids is 4. The van der Waals surface area contributed by atoms with Gasteiger partial charge in [-0.1, -0.05) is 258 Å². The number of aliphatic hydroxyl groups excluding tert-OH is 1. The first-order chi connectivity index (χ1) is 41.0. The molecule has 0 aliphatic carbocycles. The maximum atomic E-state index is 13.0. The van der Waals surface area contributed by atoms with Crippen molar-refractivity contribution < 1.29 is 80.2 Å². The summed E-state index contributed by atoms with van der Waals surface area (Å²) in [4.78, 5) is 72.2. The van der Waals surface area contributed by atoms with Crippen LogP contribution in [-0.2, 0) is 65.4 Å². The second-order valence-electron chi connectivity index (χ2n) is 23.6. The third-order valence-electron chi connectivity index (χ3n) is 14.7. The molecule has 17 nitrogen and oxygen atoms in total. The van der Waals surface area contributed by atoms with E-state index in [-0.39, 0.29) is 25.7 Å². The average molecular weight is 1250 g/mol. The van der Waals surface area contributed by atoms with Crippen LogP contribution in [0.3, 0.4) is 0 Å². The fourth-order valence-electron chi connectivity index (χ4n) is 9.40. The molecule has 0 rings (SSSR count). The number of unbranched alkanes of at least 4 members (excludes halogenated alkanes) is 33. The highest BCUT2D eigenvalue weighted by Crippen LogP contribution is 2.45. The Hall–Kier alpha value is -2.46. The van der Waals surface area contributed by atoms with Gasteiger partial charge in [0.25, 0.3) is 0 Å². The Morgan fingerprint density at radius 1 is 0.365 bits per heavy atom. The summed E-state index contributed by atoms with van der Waals surface area (Å²) in [6.45, 7) is 7.09. The number of allylic oxidation sites excluding steroid dienone is 4. The molecule has 0 amide bonds. The molecule has 0 saturated carbocycles. The Labute approximate surface area is 516 Å². The number of esters is 4. The Morgan fingerprint density at radius 2 is 0.635 bits per heavy atom. The van der Waals surface area contributed by atoms with E-state index >= 15 is 0 Å². The molecule has 0 heterocycles. The molecule has 2 unspecified atom stereocenters. The lowest BCUT2D eigenvalue weighted by molar-refractivity contribution is -0.161. The first-order valence-corrected chi connectivity index (χ1v) is 36.9. The second-order valence-corrected chi connectivity index (χ2v) is 26.6. The van der Waals surface area contributed by atoms with Gasteiger partial charge in [0.2, 0.25) is 0 Å². The molecule has 0 aromatic heterocycles. The summed E-state index contributed by atoms with van der Waals surface area (Å²) in [5.41, 5.74) is 0. The molecule has 0 fully saturated rings. The predicted molar refractivity (Wildman–Crippen MR) is 340 cm³/mol. The molecule has 0 bridgehead atoms. The van der Waals surface area contributed by atoms with Crippen LogP contribution < -0.4 is 0 Å². The number of phosphoric ester groups is 2. The summed E-state index contributed by atoms with van der Waals surface area (Å²) >= 11 is 0. The molecule has 0 saturated heterocycles. The van der Waals surface area contributed by atoms with Crippen LogP contribution in [0.15, 0.2) is 24.3 Å². The fraction of sp³-hybridized carbons (Fsp3) is 0.879. The molecule has 500 valence electrons. The quantitative estimate of drug-likeness (QED) is 0.0169. The van der Waals surface area contributed by atoms with Gasteiger partial charge >= 0.3 is 39.5 Å². The summed E-state index contributed by atoms with van der Waals surface area (Å²) in [6, 6.07) is 0. The standard InChI is InChI=1S/C66H124O17P2/c1-6-9-12-15-18-21-23-24-25-26-27-31-37-42-47-52-66(71)83-62(56-77-64(69)50-45-40-35-32-28-29-33-38-43-48-59(4)5)58-81-85(74,75)79-54-60(67)53-78-84(72,73)80-57-61(55-76-63(68)49-44-39-34-20-17-14-11-8-3)82-65(70)51-46-41-36-30-22-19-16-13-10-7-2/h21,23-25,59-62,67H,6-20,22,26-58H2,1-5H3,(H,72,73)(H,74,75)/b23-21-,25-24-/t60-,61+,62+/m0/s1. The van der Waals surface area contributed by atoms with Gasteiger partial charge in [-0.05, 0) is 57.3 Å². The van der Waals surface area contributed by atoms with Gasteiger partial charge in [-0.3, -0.25) is 37.3 Å². The van der Waals surface area contributed by atoms with Crippen molar-refractivity contribution in [3.8, 4) is 0 Å². The summed E-state index contributed by atoms with van der Waals surface area (Å²) in [5.74, 6) is -1.42. The molecule has 0 aromatic carbocycles. The molecular weight excluding hydrogens is 1130 g/mol. The zero-order chi connectivity index (χ0) is 62.8. The van der Waals surface area contributed by atoms with Crippen molar-refractivity contribution in [1.82, 2.24) is 0 Å². The van der Waals surface area contributed by atoms with Crippen molar-refractivity contribution in [3.63, 3.8) is 0 Å². The van der Waals surface area contributed by atoms with Gasteiger partial charge in [0.05, 0.1) is 26.4 Å². The molecule has 0 radical (unpaired) electrons. The monoisotopic (exact) mass is 1250 g/mol.